The van der Waals surface area contributed by atoms with Crippen LogP contribution < -0.4 is 10.6 Å². The molecule has 88 valence electrons. The summed E-state index contributed by atoms with van der Waals surface area (Å²) in [4.78, 5) is 11.3. The van der Waals surface area contributed by atoms with Gasteiger partial charge in [-0.05, 0) is 32.4 Å². The zero-order valence-corrected chi connectivity index (χ0v) is 9.93. The minimum absolute atomic E-state index is 0.0363. The van der Waals surface area contributed by atoms with Crippen molar-refractivity contribution in [2.45, 2.75) is 19.4 Å². The fraction of sp³-hybridized carbons (Fsp3) is 0.889. The molecular weight excluding hydrogens is 216 g/mol. The zero-order valence-electron chi connectivity index (χ0n) is 9.12. The normalized spacial score (nSPS) is 23.7. The van der Waals surface area contributed by atoms with Crippen molar-refractivity contribution in [2.75, 3.05) is 25.1 Å². The molecule has 6 heteroatoms. The molecule has 0 aromatic carbocycles. The minimum Gasteiger partial charge on any atom is -0.352 e. The van der Waals surface area contributed by atoms with Crippen LogP contribution in [0, 0.1) is 5.92 Å². The fourth-order valence-electron chi connectivity index (χ4n) is 1.76. The molecule has 5 nitrogen and oxygen atoms in total. The molecule has 15 heavy (non-hydrogen) atoms. The molecule has 0 spiro atoms. The van der Waals surface area contributed by atoms with Crippen molar-refractivity contribution in [2.24, 2.45) is 5.92 Å². The maximum absolute atomic E-state index is 11.3. The third-order valence-corrected chi connectivity index (χ3v) is 3.37. The van der Waals surface area contributed by atoms with E-state index in [9.17, 15) is 13.2 Å². The van der Waals surface area contributed by atoms with E-state index in [1.54, 1.807) is 0 Å². The molecular formula is C9H18N2O3S. The van der Waals surface area contributed by atoms with E-state index in [1.807, 2.05) is 6.92 Å². The SMILES string of the molecule is CC(NC(=O)CS(C)(=O)=O)C1CCNC1. The van der Waals surface area contributed by atoms with Crippen LogP contribution in [-0.4, -0.2) is 45.5 Å². The number of amides is 1. The molecule has 1 heterocycles. The van der Waals surface area contributed by atoms with Crippen LogP contribution >= 0.6 is 0 Å². The first-order chi connectivity index (χ1) is 6.88. The molecule has 0 bridgehead atoms. The van der Waals surface area contributed by atoms with Crippen molar-refractivity contribution < 1.29 is 13.2 Å². The van der Waals surface area contributed by atoms with Gasteiger partial charge < -0.3 is 10.6 Å². The predicted octanol–water partition coefficient (Wildman–Crippen LogP) is -0.855. The molecule has 1 fully saturated rings. The Hall–Kier alpha value is -0.620. The molecule has 1 saturated heterocycles. The number of carbonyl (C=O) groups excluding carboxylic acids is 1. The topological polar surface area (TPSA) is 75.3 Å². The van der Waals surface area contributed by atoms with Gasteiger partial charge in [0.05, 0.1) is 0 Å². The number of hydrogen-bond donors (Lipinski definition) is 2. The van der Waals surface area contributed by atoms with Crippen LogP contribution in [0.5, 0.6) is 0 Å². The van der Waals surface area contributed by atoms with Crippen molar-refractivity contribution >= 4 is 15.7 Å². The molecule has 2 N–H and O–H groups in total. The van der Waals surface area contributed by atoms with Gasteiger partial charge in [-0.15, -0.1) is 0 Å². The monoisotopic (exact) mass is 234 g/mol. The molecule has 0 radical (unpaired) electrons. The molecule has 2 unspecified atom stereocenters. The molecule has 0 saturated carbocycles. The quantitative estimate of drug-likeness (QED) is 0.664. The van der Waals surface area contributed by atoms with Crippen molar-refractivity contribution in [3.63, 3.8) is 0 Å². The van der Waals surface area contributed by atoms with E-state index in [0.717, 1.165) is 25.8 Å². The predicted molar refractivity (Wildman–Crippen MR) is 58.3 cm³/mol. The summed E-state index contributed by atoms with van der Waals surface area (Å²) in [5.41, 5.74) is 0. The highest BCUT2D eigenvalue weighted by Crippen LogP contribution is 2.11. The second-order valence-corrected chi connectivity index (χ2v) is 6.32. The van der Waals surface area contributed by atoms with Gasteiger partial charge in [0.15, 0.2) is 9.84 Å². The van der Waals surface area contributed by atoms with Crippen LogP contribution in [-0.2, 0) is 14.6 Å². The van der Waals surface area contributed by atoms with Gasteiger partial charge in [-0.25, -0.2) is 8.42 Å². The molecule has 1 amide bonds. The Morgan fingerprint density at radius 1 is 1.60 bits per heavy atom. The van der Waals surface area contributed by atoms with E-state index in [2.05, 4.69) is 10.6 Å². The summed E-state index contributed by atoms with van der Waals surface area (Å²) in [6.45, 7) is 3.77. The lowest BCUT2D eigenvalue weighted by atomic mass is 10.0. The number of hydrogen-bond acceptors (Lipinski definition) is 4. The fourth-order valence-corrected chi connectivity index (χ4v) is 2.31. The molecule has 2 atom stereocenters. The lowest BCUT2D eigenvalue weighted by Gasteiger charge is -2.19. The molecule has 1 aliphatic rings. The molecule has 0 aliphatic carbocycles. The highest BCUT2D eigenvalue weighted by molar-refractivity contribution is 7.91. The Labute approximate surface area is 90.5 Å². The summed E-state index contributed by atoms with van der Waals surface area (Å²) in [5, 5.41) is 5.93. The maximum atomic E-state index is 11.3. The smallest absolute Gasteiger partial charge is 0.235 e. The Kier molecular flexibility index (Phi) is 4.10. The summed E-state index contributed by atoms with van der Waals surface area (Å²) in [7, 11) is -3.22. The number of rotatable bonds is 4. The largest absolute Gasteiger partial charge is 0.352 e. The van der Waals surface area contributed by atoms with Crippen LogP contribution in [0.15, 0.2) is 0 Å². The summed E-state index contributed by atoms with van der Waals surface area (Å²) >= 11 is 0. The Bertz CT molecular complexity index is 320. The summed E-state index contributed by atoms with van der Waals surface area (Å²) in [5.74, 6) is -0.414. The van der Waals surface area contributed by atoms with E-state index in [0.29, 0.717) is 5.92 Å². The van der Waals surface area contributed by atoms with Crippen molar-refractivity contribution in [1.82, 2.24) is 10.6 Å². The van der Waals surface area contributed by atoms with Crippen molar-refractivity contribution in [3.05, 3.63) is 0 Å². The second-order valence-electron chi connectivity index (χ2n) is 4.18. The number of carbonyl (C=O) groups is 1. The Morgan fingerprint density at radius 3 is 2.73 bits per heavy atom. The van der Waals surface area contributed by atoms with Crippen LogP contribution in [0.4, 0.5) is 0 Å². The molecule has 0 aromatic rings. The lowest BCUT2D eigenvalue weighted by molar-refractivity contribution is -0.119. The van der Waals surface area contributed by atoms with Crippen LogP contribution in [0.2, 0.25) is 0 Å². The number of nitrogens with one attached hydrogen (secondary N) is 2. The summed E-state index contributed by atoms with van der Waals surface area (Å²) in [6.07, 6.45) is 2.09. The first kappa shape index (κ1) is 12.4. The van der Waals surface area contributed by atoms with E-state index in [1.165, 1.54) is 0 Å². The van der Waals surface area contributed by atoms with E-state index >= 15 is 0 Å². The van der Waals surface area contributed by atoms with Gasteiger partial charge in [-0.2, -0.15) is 0 Å². The van der Waals surface area contributed by atoms with E-state index in [-0.39, 0.29) is 6.04 Å². The first-order valence-corrected chi connectivity index (χ1v) is 7.12. The number of sulfone groups is 1. The van der Waals surface area contributed by atoms with Gasteiger partial charge in [0.1, 0.15) is 5.75 Å². The van der Waals surface area contributed by atoms with Crippen LogP contribution in [0.3, 0.4) is 0 Å². The van der Waals surface area contributed by atoms with Crippen LogP contribution in [0.1, 0.15) is 13.3 Å². The molecule has 1 aliphatic heterocycles. The standard InChI is InChI=1S/C9H18N2O3S/c1-7(8-3-4-10-5-8)11-9(12)6-15(2,13)14/h7-8,10H,3-6H2,1-2H3,(H,11,12). The minimum atomic E-state index is -3.22. The van der Waals surface area contributed by atoms with Gasteiger partial charge in [-0.1, -0.05) is 0 Å². The first-order valence-electron chi connectivity index (χ1n) is 5.06. The average Bonchev–Trinajstić information content (AvgIpc) is 2.50. The maximum Gasteiger partial charge on any atom is 0.235 e. The van der Waals surface area contributed by atoms with Gasteiger partial charge in [0.25, 0.3) is 0 Å². The van der Waals surface area contributed by atoms with Crippen LogP contribution in [0.25, 0.3) is 0 Å². The third kappa shape index (κ3) is 4.61. The van der Waals surface area contributed by atoms with Crippen molar-refractivity contribution in [1.29, 1.82) is 0 Å². The van der Waals surface area contributed by atoms with Gasteiger partial charge in [-0.3, -0.25) is 4.79 Å². The average molecular weight is 234 g/mol. The van der Waals surface area contributed by atoms with Gasteiger partial charge in [0.2, 0.25) is 5.91 Å². The second kappa shape index (κ2) is 4.94. The highest BCUT2D eigenvalue weighted by Gasteiger charge is 2.23. The third-order valence-electron chi connectivity index (χ3n) is 2.59. The van der Waals surface area contributed by atoms with Gasteiger partial charge in [0, 0.05) is 12.3 Å². The molecule has 0 aromatic heterocycles. The molecule has 1 rings (SSSR count). The highest BCUT2D eigenvalue weighted by atomic mass is 32.2. The Balaban J connectivity index is 2.37. The summed E-state index contributed by atoms with van der Waals surface area (Å²) in [6, 6.07) is 0.0363. The lowest BCUT2D eigenvalue weighted by Crippen LogP contribution is -2.41. The van der Waals surface area contributed by atoms with Crippen molar-refractivity contribution in [3.8, 4) is 0 Å². The summed E-state index contributed by atoms with van der Waals surface area (Å²) < 4.78 is 21.7. The van der Waals surface area contributed by atoms with E-state index < -0.39 is 21.5 Å². The van der Waals surface area contributed by atoms with E-state index in [4.69, 9.17) is 0 Å². The van der Waals surface area contributed by atoms with Gasteiger partial charge >= 0.3 is 0 Å². The Morgan fingerprint density at radius 2 is 2.27 bits per heavy atom. The zero-order chi connectivity index (χ0) is 11.5.